The maximum atomic E-state index is 12.8. The number of ether oxygens (including phenoxy) is 1. The lowest BCUT2D eigenvalue weighted by molar-refractivity contribution is -0.0369. The summed E-state index contributed by atoms with van der Waals surface area (Å²) in [4.78, 5) is 17.8. The molecule has 0 radical (unpaired) electrons. The molecule has 100 valence electrons. The van der Waals surface area contributed by atoms with Crippen LogP contribution in [-0.2, 0) is 4.74 Å². The number of H-pyrrole nitrogens is 1. The van der Waals surface area contributed by atoms with Crippen molar-refractivity contribution in [2.75, 3.05) is 19.8 Å². The fourth-order valence-corrected chi connectivity index (χ4v) is 2.64. The number of carbonyl (C=O) groups excluding carboxylic acids is 1. The number of benzene rings is 1. The summed E-state index contributed by atoms with van der Waals surface area (Å²) < 4.78 is 5.47. The Labute approximate surface area is 112 Å². The van der Waals surface area contributed by atoms with E-state index in [-0.39, 0.29) is 11.4 Å². The number of hydrogen-bond donors (Lipinski definition) is 1. The molecule has 1 amide bonds. The van der Waals surface area contributed by atoms with Crippen LogP contribution in [0.1, 0.15) is 24.2 Å². The van der Waals surface area contributed by atoms with Crippen molar-refractivity contribution in [3.8, 4) is 0 Å². The van der Waals surface area contributed by atoms with Crippen molar-refractivity contribution in [2.45, 2.75) is 19.4 Å². The van der Waals surface area contributed by atoms with E-state index in [1.54, 1.807) is 0 Å². The summed E-state index contributed by atoms with van der Waals surface area (Å²) in [6.45, 7) is 5.91. The van der Waals surface area contributed by atoms with Gasteiger partial charge in [0.15, 0.2) is 0 Å². The molecule has 1 fully saturated rings. The molecule has 0 spiro atoms. The molecule has 3 rings (SSSR count). The second-order valence-corrected chi connectivity index (χ2v) is 5.57. The monoisotopic (exact) mass is 258 g/mol. The van der Waals surface area contributed by atoms with Crippen molar-refractivity contribution in [2.24, 2.45) is 0 Å². The summed E-state index contributed by atoms with van der Waals surface area (Å²) in [5.74, 6) is 0.0707. The molecule has 1 aliphatic heterocycles. The van der Waals surface area contributed by atoms with Gasteiger partial charge in [0.2, 0.25) is 0 Å². The maximum Gasteiger partial charge on any atom is 0.256 e. The molecule has 1 saturated heterocycles. The van der Waals surface area contributed by atoms with Crippen LogP contribution in [-0.4, -0.2) is 41.1 Å². The van der Waals surface area contributed by atoms with Crippen LogP contribution in [0.4, 0.5) is 0 Å². The van der Waals surface area contributed by atoms with Crippen molar-refractivity contribution >= 4 is 16.8 Å². The topological polar surface area (TPSA) is 45.3 Å². The molecule has 0 saturated carbocycles. The number of nitrogens with one attached hydrogen (secondary N) is 1. The standard InChI is InChI=1S/C15H18N2O2/c1-15(2)10-19-9-8-17(15)14(18)12-5-3-4-11-6-7-16-13(11)12/h3-7,16H,8-10H2,1-2H3. The third-order valence-electron chi connectivity index (χ3n) is 3.71. The van der Waals surface area contributed by atoms with Gasteiger partial charge in [0, 0.05) is 18.1 Å². The molecule has 4 heteroatoms. The molecule has 1 N–H and O–H groups in total. The molecule has 4 nitrogen and oxygen atoms in total. The first-order valence-electron chi connectivity index (χ1n) is 6.55. The Morgan fingerprint density at radius 1 is 1.37 bits per heavy atom. The van der Waals surface area contributed by atoms with Gasteiger partial charge in [-0.05, 0) is 26.0 Å². The summed E-state index contributed by atoms with van der Waals surface area (Å²) in [6.07, 6.45) is 1.87. The Balaban J connectivity index is 2.01. The highest BCUT2D eigenvalue weighted by Crippen LogP contribution is 2.25. The molecular formula is C15H18N2O2. The number of para-hydroxylation sites is 1. The third kappa shape index (κ3) is 2.02. The van der Waals surface area contributed by atoms with Gasteiger partial charge in [-0.3, -0.25) is 4.79 Å². The first-order valence-corrected chi connectivity index (χ1v) is 6.55. The SMILES string of the molecule is CC1(C)COCCN1C(=O)c1cccc2cc[nH]c12. The number of aromatic amines is 1. The lowest BCUT2D eigenvalue weighted by Gasteiger charge is -2.42. The van der Waals surface area contributed by atoms with Gasteiger partial charge in [-0.1, -0.05) is 12.1 Å². The van der Waals surface area contributed by atoms with Gasteiger partial charge in [0.05, 0.1) is 29.8 Å². The highest BCUT2D eigenvalue weighted by molar-refractivity contribution is 6.06. The number of rotatable bonds is 1. The van der Waals surface area contributed by atoms with Crippen molar-refractivity contribution in [3.63, 3.8) is 0 Å². The van der Waals surface area contributed by atoms with E-state index in [0.29, 0.717) is 19.8 Å². The fraction of sp³-hybridized carbons (Fsp3) is 0.400. The summed E-state index contributed by atoms with van der Waals surface area (Å²) in [5.41, 5.74) is 1.39. The Kier molecular flexibility index (Phi) is 2.82. The van der Waals surface area contributed by atoms with Gasteiger partial charge >= 0.3 is 0 Å². The molecular weight excluding hydrogens is 240 g/mol. The zero-order valence-corrected chi connectivity index (χ0v) is 11.3. The minimum absolute atomic E-state index is 0.0707. The van der Waals surface area contributed by atoms with E-state index in [0.717, 1.165) is 16.5 Å². The van der Waals surface area contributed by atoms with Crippen molar-refractivity contribution in [3.05, 3.63) is 36.0 Å². The normalized spacial score (nSPS) is 18.7. The van der Waals surface area contributed by atoms with Crippen LogP contribution in [0.25, 0.3) is 10.9 Å². The summed E-state index contributed by atoms with van der Waals surface area (Å²) in [7, 11) is 0. The third-order valence-corrected chi connectivity index (χ3v) is 3.71. The van der Waals surface area contributed by atoms with Crippen LogP contribution in [0.5, 0.6) is 0 Å². The number of hydrogen-bond acceptors (Lipinski definition) is 2. The van der Waals surface area contributed by atoms with E-state index in [4.69, 9.17) is 4.74 Å². The van der Waals surface area contributed by atoms with Crippen molar-refractivity contribution in [1.29, 1.82) is 0 Å². The van der Waals surface area contributed by atoms with Gasteiger partial charge in [-0.2, -0.15) is 0 Å². The second-order valence-electron chi connectivity index (χ2n) is 5.57. The summed E-state index contributed by atoms with van der Waals surface area (Å²) in [5, 5.41) is 1.07. The molecule has 0 unspecified atom stereocenters. The van der Waals surface area contributed by atoms with Crippen LogP contribution < -0.4 is 0 Å². The molecule has 19 heavy (non-hydrogen) atoms. The summed E-state index contributed by atoms with van der Waals surface area (Å²) >= 11 is 0. The zero-order valence-electron chi connectivity index (χ0n) is 11.3. The van der Waals surface area contributed by atoms with E-state index in [1.165, 1.54) is 0 Å². The number of morpholine rings is 1. The average molecular weight is 258 g/mol. The lowest BCUT2D eigenvalue weighted by atomic mass is 10.0. The van der Waals surface area contributed by atoms with Crippen LogP contribution in [0, 0.1) is 0 Å². The zero-order chi connectivity index (χ0) is 13.5. The van der Waals surface area contributed by atoms with Gasteiger partial charge in [0.25, 0.3) is 5.91 Å². The number of aromatic nitrogens is 1. The second kappa shape index (κ2) is 4.38. The Morgan fingerprint density at radius 3 is 3.00 bits per heavy atom. The minimum Gasteiger partial charge on any atom is -0.377 e. The predicted octanol–water partition coefficient (Wildman–Crippen LogP) is 2.42. The molecule has 1 aromatic heterocycles. The van der Waals surface area contributed by atoms with Crippen LogP contribution in [0.2, 0.25) is 0 Å². The smallest absolute Gasteiger partial charge is 0.256 e. The maximum absolute atomic E-state index is 12.8. The van der Waals surface area contributed by atoms with E-state index in [1.807, 2.05) is 49.2 Å². The summed E-state index contributed by atoms with van der Waals surface area (Å²) in [6, 6.07) is 7.80. The van der Waals surface area contributed by atoms with Crippen molar-refractivity contribution < 1.29 is 9.53 Å². The number of amides is 1. The van der Waals surface area contributed by atoms with E-state index in [2.05, 4.69) is 4.98 Å². The molecule has 0 aliphatic carbocycles. The van der Waals surface area contributed by atoms with E-state index >= 15 is 0 Å². The molecule has 0 atom stereocenters. The first kappa shape index (κ1) is 12.2. The Morgan fingerprint density at radius 2 is 2.21 bits per heavy atom. The predicted molar refractivity (Wildman–Crippen MR) is 74.2 cm³/mol. The number of nitrogens with zero attached hydrogens (tertiary/aromatic N) is 1. The minimum atomic E-state index is -0.260. The Hall–Kier alpha value is -1.81. The quantitative estimate of drug-likeness (QED) is 0.853. The van der Waals surface area contributed by atoms with Crippen LogP contribution >= 0.6 is 0 Å². The van der Waals surface area contributed by atoms with Gasteiger partial charge in [-0.15, -0.1) is 0 Å². The van der Waals surface area contributed by atoms with Crippen molar-refractivity contribution in [1.82, 2.24) is 9.88 Å². The van der Waals surface area contributed by atoms with Gasteiger partial charge in [-0.25, -0.2) is 0 Å². The largest absolute Gasteiger partial charge is 0.377 e. The fourth-order valence-electron chi connectivity index (χ4n) is 2.64. The highest BCUT2D eigenvalue weighted by Gasteiger charge is 2.35. The Bertz CT molecular complexity index is 615. The highest BCUT2D eigenvalue weighted by atomic mass is 16.5. The molecule has 1 aliphatic rings. The van der Waals surface area contributed by atoms with Crippen LogP contribution in [0.3, 0.4) is 0 Å². The first-order chi connectivity index (χ1) is 9.09. The van der Waals surface area contributed by atoms with Gasteiger partial charge in [0.1, 0.15) is 0 Å². The van der Waals surface area contributed by atoms with Crippen LogP contribution in [0.15, 0.2) is 30.5 Å². The van der Waals surface area contributed by atoms with E-state index in [9.17, 15) is 4.79 Å². The average Bonchev–Trinajstić information content (AvgIpc) is 2.85. The number of carbonyl (C=O) groups is 1. The number of fused-ring (bicyclic) bond motifs is 1. The van der Waals surface area contributed by atoms with Gasteiger partial charge < -0.3 is 14.6 Å². The molecule has 2 heterocycles. The lowest BCUT2D eigenvalue weighted by Crippen LogP contribution is -2.55. The molecule has 0 bridgehead atoms. The molecule has 2 aromatic rings. The molecule has 1 aromatic carbocycles. The van der Waals surface area contributed by atoms with E-state index < -0.39 is 0 Å².